The van der Waals surface area contributed by atoms with Crippen LogP contribution in [0.1, 0.15) is 13.8 Å². The van der Waals surface area contributed by atoms with E-state index in [-0.39, 0.29) is 6.54 Å². The lowest BCUT2D eigenvalue weighted by Gasteiger charge is -2.18. The number of carboxylic acid groups (broad SMARTS) is 1. The van der Waals surface area contributed by atoms with Crippen LogP contribution in [-0.4, -0.2) is 23.7 Å². The van der Waals surface area contributed by atoms with Crippen molar-refractivity contribution < 1.29 is 14.7 Å². The van der Waals surface area contributed by atoms with Gasteiger partial charge in [-0.05, 0) is 13.8 Å². The molecular weight excluding hydrogens is 148 g/mol. The van der Waals surface area contributed by atoms with Gasteiger partial charge in [-0.25, -0.2) is 4.79 Å². The fourth-order valence-electron chi connectivity index (χ4n) is 0.384. The lowest BCUT2D eigenvalue weighted by atomic mass is 9.94. The number of aliphatic carboxylic acids is 1. The summed E-state index contributed by atoms with van der Waals surface area (Å²) in [5.74, 6) is -0.966. The highest BCUT2D eigenvalue weighted by Gasteiger charge is 2.26. The number of rotatable bonds is 3. The van der Waals surface area contributed by atoms with Gasteiger partial charge in [-0.3, -0.25) is 4.79 Å². The van der Waals surface area contributed by atoms with Crippen LogP contribution in [0.15, 0.2) is 0 Å². The summed E-state index contributed by atoms with van der Waals surface area (Å²) in [4.78, 5) is 20.6. The highest BCUT2D eigenvalue weighted by Crippen LogP contribution is 2.12. The van der Waals surface area contributed by atoms with E-state index in [2.05, 4.69) is 5.32 Å². The van der Waals surface area contributed by atoms with E-state index >= 15 is 0 Å². The molecule has 0 atom stereocenters. The van der Waals surface area contributed by atoms with Gasteiger partial charge in [0.2, 0.25) is 0 Å². The minimum absolute atomic E-state index is 0.0394. The Morgan fingerprint density at radius 1 is 1.55 bits per heavy atom. The molecule has 2 amide bonds. The first-order valence-electron chi connectivity index (χ1n) is 3.13. The molecule has 0 saturated heterocycles. The standard InChI is InChI=1S/C6H12N2O3/c1-6(2,4(9)10)3-8-5(7)11/h3H2,1-2H3,(H,9,10)(H3,7,8,11). The molecule has 0 aliphatic heterocycles. The third kappa shape index (κ3) is 3.44. The number of carbonyl (C=O) groups excluding carboxylic acids is 1. The second-order valence-electron chi connectivity index (χ2n) is 2.91. The first-order chi connectivity index (χ1) is 4.86. The maximum absolute atomic E-state index is 10.4. The number of nitrogens with two attached hydrogens (primary N) is 1. The Balaban J connectivity index is 3.92. The summed E-state index contributed by atoms with van der Waals surface area (Å²) in [7, 11) is 0. The zero-order valence-electron chi connectivity index (χ0n) is 6.55. The van der Waals surface area contributed by atoms with Gasteiger partial charge in [0.1, 0.15) is 0 Å². The molecule has 4 N–H and O–H groups in total. The maximum atomic E-state index is 10.4. The van der Waals surface area contributed by atoms with E-state index in [0.717, 1.165) is 0 Å². The van der Waals surface area contributed by atoms with E-state index in [0.29, 0.717) is 0 Å². The molecule has 0 spiro atoms. The van der Waals surface area contributed by atoms with Gasteiger partial charge in [0.25, 0.3) is 0 Å². The summed E-state index contributed by atoms with van der Waals surface area (Å²) < 4.78 is 0. The zero-order chi connectivity index (χ0) is 9.07. The molecule has 0 aliphatic rings. The van der Waals surface area contributed by atoms with Gasteiger partial charge >= 0.3 is 12.0 Å². The molecule has 64 valence electrons. The molecule has 5 nitrogen and oxygen atoms in total. The summed E-state index contributed by atoms with van der Waals surface area (Å²) >= 11 is 0. The first kappa shape index (κ1) is 9.74. The lowest BCUT2D eigenvalue weighted by molar-refractivity contribution is -0.146. The van der Waals surface area contributed by atoms with E-state index in [4.69, 9.17) is 10.8 Å². The van der Waals surface area contributed by atoms with Gasteiger partial charge in [-0.2, -0.15) is 0 Å². The third-order valence-electron chi connectivity index (χ3n) is 1.28. The van der Waals surface area contributed by atoms with Crippen molar-refractivity contribution in [2.24, 2.45) is 11.1 Å². The summed E-state index contributed by atoms with van der Waals surface area (Å²) in [6, 6.07) is -0.709. The van der Waals surface area contributed by atoms with Crippen LogP contribution < -0.4 is 11.1 Å². The Morgan fingerprint density at radius 3 is 2.27 bits per heavy atom. The highest BCUT2D eigenvalue weighted by molar-refractivity contribution is 5.76. The second-order valence-corrected chi connectivity index (χ2v) is 2.91. The minimum Gasteiger partial charge on any atom is -0.481 e. The third-order valence-corrected chi connectivity index (χ3v) is 1.28. The summed E-state index contributed by atoms with van der Waals surface area (Å²) in [6.45, 7) is 3.05. The fraction of sp³-hybridized carbons (Fsp3) is 0.667. The minimum atomic E-state index is -0.966. The van der Waals surface area contributed by atoms with Crippen LogP contribution in [0.5, 0.6) is 0 Å². The molecule has 0 aromatic heterocycles. The van der Waals surface area contributed by atoms with Gasteiger partial charge in [0.05, 0.1) is 5.41 Å². The fourth-order valence-corrected chi connectivity index (χ4v) is 0.384. The van der Waals surface area contributed by atoms with Crippen molar-refractivity contribution in [3.05, 3.63) is 0 Å². The second kappa shape index (κ2) is 3.23. The summed E-state index contributed by atoms with van der Waals surface area (Å²) in [6.07, 6.45) is 0. The number of carboxylic acids is 1. The Bertz CT molecular complexity index is 177. The number of amides is 2. The van der Waals surface area contributed by atoms with Crippen LogP contribution in [0.25, 0.3) is 0 Å². The molecule has 0 radical (unpaired) electrons. The van der Waals surface area contributed by atoms with E-state index in [9.17, 15) is 9.59 Å². The van der Waals surface area contributed by atoms with Crippen LogP contribution in [-0.2, 0) is 4.79 Å². The van der Waals surface area contributed by atoms with Crippen LogP contribution in [0, 0.1) is 5.41 Å². The van der Waals surface area contributed by atoms with Gasteiger partial charge < -0.3 is 16.2 Å². The number of nitrogens with one attached hydrogen (secondary N) is 1. The largest absolute Gasteiger partial charge is 0.481 e. The molecule has 0 aromatic rings. The summed E-state index contributed by atoms with van der Waals surface area (Å²) in [5.41, 5.74) is 3.79. The van der Waals surface area contributed by atoms with Gasteiger partial charge in [-0.15, -0.1) is 0 Å². The normalized spacial score (nSPS) is 10.7. The van der Waals surface area contributed by atoms with E-state index in [1.165, 1.54) is 13.8 Å². The Hall–Kier alpha value is -1.26. The number of hydrogen-bond donors (Lipinski definition) is 3. The quantitative estimate of drug-likeness (QED) is 0.532. The highest BCUT2D eigenvalue weighted by atomic mass is 16.4. The molecule has 0 rings (SSSR count). The van der Waals surface area contributed by atoms with E-state index < -0.39 is 17.4 Å². The topological polar surface area (TPSA) is 92.4 Å². The van der Waals surface area contributed by atoms with Crippen LogP contribution in [0.3, 0.4) is 0 Å². The monoisotopic (exact) mass is 160 g/mol. The van der Waals surface area contributed by atoms with Crippen molar-refractivity contribution in [2.45, 2.75) is 13.8 Å². The molecule has 0 saturated carbocycles. The van der Waals surface area contributed by atoms with Crippen molar-refractivity contribution in [3.63, 3.8) is 0 Å². The molecule has 0 heterocycles. The van der Waals surface area contributed by atoms with Crippen molar-refractivity contribution in [1.29, 1.82) is 0 Å². The number of primary amides is 1. The van der Waals surface area contributed by atoms with Crippen molar-refractivity contribution in [2.75, 3.05) is 6.54 Å². The summed E-state index contributed by atoms with van der Waals surface area (Å²) in [5, 5.41) is 10.8. The number of hydrogen-bond acceptors (Lipinski definition) is 2. The molecule has 0 aliphatic carbocycles. The van der Waals surface area contributed by atoms with Crippen molar-refractivity contribution in [1.82, 2.24) is 5.32 Å². The smallest absolute Gasteiger partial charge is 0.312 e. The molecule has 11 heavy (non-hydrogen) atoms. The van der Waals surface area contributed by atoms with E-state index in [1.807, 2.05) is 0 Å². The Labute approximate surface area is 64.6 Å². The molecule has 0 aromatic carbocycles. The number of carbonyl (C=O) groups is 2. The molecular formula is C6H12N2O3. The van der Waals surface area contributed by atoms with Crippen LogP contribution in [0.4, 0.5) is 4.79 Å². The predicted molar refractivity (Wildman–Crippen MR) is 39.0 cm³/mol. The van der Waals surface area contributed by atoms with Gasteiger partial charge in [0, 0.05) is 6.54 Å². The molecule has 0 fully saturated rings. The number of urea groups is 1. The SMILES string of the molecule is CC(C)(CNC(N)=O)C(=O)O. The molecule has 5 heteroatoms. The Kier molecular flexibility index (Phi) is 2.86. The molecule has 0 unspecified atom stereocenters. The lowest BCUT2D eigenvalue weighted by Crippen LogP contribution is -2.41. The van der Waals surface area contributed by atoms with Crippen molar-refractivity contribution in [3.8, 4) is 0 Å². The maximum Gasteiger partial charge on any atom is 0.312 e. The zero-order valence-corrected chi connectivity index (χ0v) is 6.55. The average molecular weight is 160 g/mol. The average Bonchev–Trinajstić information content (AvgIpc) is 1.84. The first-order valence-corrected chi connectivity index (χ1v) is 3.13. The molecule has 0 bridgehead atoms. The Morgan fingerprint density at radius 2 is 2.00 bits per heavy atom. The van der Waals surface area contributed by atoms with E-state index in [1.54, 1.807) is 0 Å². The van der Waals surface area contributed by atoms with Crippen LogP contribution in [0.2, 0.25) is 0 Å². The van der Waals surface area contributed by atoms with Crippen molar-refractivity contribution >= 4 is 12.0 Å². The van der Waals surface area contributed by atoms with Gasteiger partial charge in [-0.1, -0.05) is 0 Å². The van der Waals surface area contributed by atoms with Crippen LogP contribution >= 0.6 is 0 Å². The predicted octanol–water partition coefficient (Wildman–Crippen LogP) is -0.235. The van der Waals surface area contributed by atoms with Gasteiger partial charge in [0.15, 0.2) is 0 Å².